The van der Waals surface area contributed by atoms with Gasteiger partial charge >= 0.3 is 11.9 Å². The van der Waals surface area contributed by atoms with Gasteiger partial charge in [0.05, 0.1) is 13.2 Å². The van der Waals surface area contributed by atoms with Crippen LogP contribution in [0.2, 0.25) is 0 Å². The summed E-state index contributed by atoms with van der Waals surface area (Å²) in [6.07, 6.45) is 7.39. The van der Waals surface area contributed by atoms with Gasteiger partial charge in [0.2, 0.25) is 0 Å². The number of carbonyl (C=O) groups is 2. The predicted molar refractivity (Wildman–Crippen MR) is 207 cm³/mol. The van der Waals surface area contributed by atoms with E-state index in [-0.39, 0.29) is 5.97 Å². The maximum atomic E-state index is 11.4. The van der Waals surface area contributed by atoms with Crippen LogP contribution in [0.5, 0.6) is 0 Å². The highest BCUT2D eigenvalue weighted by Gasteiger charge is 2.18. The maximum Gasteiger partial charge on any atom is 0.330 e. The van der Waals surface area contributed by atoms with Gasteiger partial charge in [0, 0.05) is 12.2 Å². The van der Waals surface area contributed by atoms with Gasteiger partial charge in [-0.3, -0.25) is 0 Å². The standard InChI is InChI=1S/C46H40O4/c1-4-32-15-23-36(24-16-32)45-39-13-7-8-14-40(39)46(37-25-19-34(20-26-37)12-10-30-50-44(48)6-3)42-31-38(27-28-41(42)45)35-21-17-33(18-22-35)11-9-29-49-43(47)5-2/h4-8,13-28,31H,1-3,9-12,29-30H2. The number of rotatable bonds is 14. The lowest BCUT2D eigenvalue weighted by molar-refractivity contribution is -0.138. The van der Waals surface area contributed by atoms with Crippen molar-refractivity contribution in [1.29, 1.82) is 0 Å². The normalized spacial score (nSPS) is 10.9. The van der Waals surface area contributed by atoms with Crippen molar-refractivity contribution in [3.63, 3.8) is 0 Å². The summed E-state index contributed by atoms with van der Waals surface area (Å²) in [7, 11) is 0. The number of hydrogen-bond acceptors (Lipinski definition) is 4. The van der Waals surface area contributed by atoms with E-state index in [4.69, 9.17) is 9.47 Å². The largest absolute Gasteiger partial charge is 0.463 e. The van der Waals surface area contributed by atoms with Crippen molar-refractivity contribution >= 4 is 39.6 Å². The van der Waals surface area contributed by atoms with Crippen LogP contribution < -0.4 is 0 Å². The minimum Gasteiger partial charge on any atom is -0.463 e. The minimum atomic E-state index is -0.390. The van der Waals surface area contributed by atoms with E-state index in [9.17, 15) is 9.59 Å². The van der Waals surface area contributed by atoms with Gasteiger partial charge in [-0.25, -0.2) is 9.59 Å². The van der Waals surface area contributed by atoms with Crippen LogP contribution >= 0.6 is 0 Å². The van der Waals surface area contributed by atoms with Crippen LogP contribution in [0.15, 0.2) is 147 Å². The average Bonchev–Trinajstić information content (AvgIpc) is 3.17. The summed E-state index contributed by atoms with van der Waals surface area (Å²) < 4.78 is 10.3. The highest BCUT2D eigenvalue weighted by Crippen LogP contribution is 2.45. The Labute approximate surface area is 294 Å². The van der Waals surface area contributed by atoms with Gasteiger partial charge in [-0.2, -0.15) is 0 Å². The molecule has 0 aromatic heterocycles. The number of benzene rings is 6. The van der Waals surface area contributed by atoms with Crippen molar-refractivity contribution in [3.05, 3.63) is 164 Å². The summed E-state index contributed by atoms with van der Waals surface area (Å²) in [6.45, 7) is 11.6. The van der Waals surface area contributed by atoms with Crippen molar-refractivity contribution < 1.29 is 19.1 Å². The zero-order valence-corrected chi connectivity index (χ0v) is 28.2. The number of fused-ring (bicyclic) bond motifs is 2. The zero-order chi connectivity index (χ0) is 34.9. The zero-order valence-electron chi connectivity index (χ0n) is 28.2. The van der Waals surface area contributed by atoms with E-state index in [0.29, 0.717) is 13.2 Å². The molecule has 0 heterocycles. The lowest BCUT2D eigenvalue weighted by Gasteiger charge is -2.19. The molecule has 0 unspecified atom stereocenters. The van der Waals surface area contributed by atoms with Crippen LogP contribution in [-0.2, 0) is 31.9 Å². The summed E-state index contributed by atoms with van der Waals surface area (Å²) in [5.74, 6) is -0.779. The van der Waals surface area contributed by atoms with Crippen molar-refractivity contribution in [1.82, 2.24) is 0 Å². The highest BCUT2D eigenvalue weighted by molar-refractivity contribution is 6.22. The van der Waals surface area contributed by atoms with Gasteiger partial charge in [-0.1, -0.05) is 135 Å². The third-order valence-electron chi connectivity index (χ3n) is 9.03. The maximum absolute atomic E-state index is 11.4. The lowest BCUT2D eigenvalue weighted by Crippen LogP contribution is -2.02. The van der Waals surface area contributed by atoms with E-state index in [1.165, 1.54) is 56.0 Å². The average molecular weight is 657 g/mol. The molecule has 0 aliphatic heterocycles. The first-order valence-corrected chi connectivity index (χ1v) is 17.0. The van der Waals surface area contributed by atoms with Crippen LogP contribution in [0.3, 0.4) is 0 Å². The summed E-state index contributed by atoms with van der Waals surface area (Å²) >= 11 is 0. The molecular weight excluding hydrogens is 617 g/mol. The summed E-state index contributed by atoms with van der Waals surface area (Å²) in [5.41, 5.74) is 10.5. The number of hydrogen-bond donors (Lipinski definition) is 0. The molecule has 0 radical (unpaired) electrons. The van der Waals surface area contributed by atoms with Gasteiger partial charge in [0.25, 0.3) is 0 Å². The van der Waals surface area contributed by atoms with Crippen LogP contribution in [0.25, 0.3) is 61.0 Å². The van der Waals surface area contributed by atoms with Crippen molar-refractivity contribution in [2.24, 2.45) is 0 Å². The fourth-order valence-electron chi connectivity index (χ4n) is 6.48. The van der Waals surface area contributed by atoms with Gasteiger partial charge in [-0.15, -0.1) is 0 Å². The molecule has 0 saturated heterocycles. The highest BCUT2D eigenvalue weighted by atomic mass is 16.5. The molecule has 50 heavy (non-hydrogen) atoms. The van der Waals surface area contributed by atoms with E-state index in [1.807, 2.05) is 6.08 Å². The lowest BCUT2D eigenvalue weighted by atomic mass is 9.84. The van der Waals surface area contributed by atoms with Gasteiger partial charge < -0.3 is 9.47 Å². The summed E-state index contributed by atoms with van der Waals surface area (Å²) in [4.78, 5) is 22.8. The molecule has 4 nitrogen and oxygen atoms in total. The molecular formula is C46H40O4. The third-order valence-corrected chi connectivity index (χ3v) is 9.03. The molecule has 0 aliphatic rings. The first kappa shape index (κ1) is 33.9. The van der Waals surface area contributed by atoms with E-state index < -0.39 is 5.97 Å². The van der Waals surface area contributed by atoms with Gasteiger partial charge in [-0.05, 0) is 103 Å². The van der Waals surface area contributed by atoms with Crippen molar-refractivity contribution in [2.45, 2.75) is 25.7 Å². The molecule has 0 fully saturated rings. The van der Waals surface area contributed by atoms with Crippen molar-refractivity contribution in [3.8, 4) is 33.4 Å². The molecule has 248 valence electrons. The fourth-order valence-corrected chi connectivity index (χ4v) is 6.48. The number of aryl methyl sites for hydroxylation is 2. The third kappa shape index (κ3) is 7.66. The molecule has 0 amide bonds. The quantitative estimate of drug-likeness (QED) is 0.0507. The molecule has 0 bridgehead atoms. The Morgan fingerprint density at radius 3 is 1.44 bits per heavy atom. The van der Waals surface area contributed by atoms with Crippen LogP contribution in [0, 0.1) is 0 Å². The SMILES string of the molecule is C=CC(=O)OCCCc1ccc(-c2ccc3c(-c4ccc(C=C)cc4)c4ccccc4c(-c4ccc(CCCOC(=O)C=C)cc4)c3c2)cc1. The van der Waals surface area contributed by atoms with Gasteiger partial charge in [0.1, 0.15) is 0 Å². The second-order valence-electron chi connectivity index (χ2n) is 12.2. The molecule has 0 N–H and O–H groups in total. The minimum absolute atomic E-state index is 0.367. The number of esters is 2. The monoisotopic (exact) mass is 656 g/mol. The van der Waals surface area contributed by atoms with E-state index in [1.54, 1.807) is 0 Å². The second kappa shape index (κ2) is 15.9. The summed E-state index contributed by atoms with van der Waals surface area (Å²) in [5, 5.41) is 4.76. The molecule has 4 heteroatoms. The van der Waals surface area contributed by atoms with E-state index in [0.717, 1.165) is 53.5 Å². The Morgan fingerprint density at radius 1 is 0.500 bits per heavy atom. The molecule has 6 aromatic carbocycles. The Morgan fingerprint density at radius 2 is 0.940 bits per heavy atom. The smallest absolute Gasteiger partial charge is 0.330 e. The first-order valence-electron chi connectivity index (χ1n) is 17.0. The Bertz CT molecular complexity index is 2170. The fraction of sp³-hybridized carbons (Fsp3) is 0.130. The van der Waals surface area contributed by atoms with E-state index >= 15 is 0 Å². The van der Waals surface area contributed by atoms with Crippen LogP contribution in [-0.4, -0.2) is 25.2 Å². The van der Waals surface area contributed by atoms with Gasteiger partial charge in [0.15, 0.2) is 0 Å². The molecule has 0 aliphatic carbocycles. The number of carbonyl (C=O) groups excluding carboxylic acids is 2. The molecule has 0 saturated carbocycles. The number of ether oxygens (including phenoxy) is 2. The van der Waals surface area contributed by atoms with E-state index in [2.05, 4.69) is 135 Å². The Kier molecular flexibility index (Phi) is 10.8. The molecule has 0 atom stereocenters. The molecule has 6 rings (SSSR count). The Hall–Kier alpha value is -6.00. The second-order valence-corrected chi connectivity index (χ2v) is 12.2. The van der Waals surface area contributed by atoms with Crippen molar-refractivity contribution in [2.75, 3.05) is 13.2 Å². The van der Waals surface area contributed by atoms with Crippen LogP contribution in [0.4, 0.5) is 0 Å². The Balaban J connectivity index is 1.41. The van der Waals surface area contributed by atoms with Crippen LogP contribution in [0.1, 0.15) is 29.5 Å². The topological polar surface area (TPSA) is 52.6 Å². The predicted octanol–water partition coefficient (Wildman–Crippen LogP) is 11.0. The summed E-state index contributed by atoms with van der Waals surface area (Å²) in [6, 6.07) is 41.5. The first-order chi connectivity index (χ1) is 24.5. The molecule has 6 aromatic rings. The molecule has 0 spiro atoms.